The summed E-state index contributed by atoms with van der Waals surface area (Å²) in [5, 5.41) is 12.7. The number of carboxylic acids is 1. The Kier molecular flexibility index (Phi) is 4.71. The molecular formula is C14H19NO3S. The molecule has 1 aromatic carbocycles. The zero-order valence-corrected chi connectivity index (χ0v) is 12.0. The van der Waals surface area contributed by atoms with E-state index in [0.717, 1.165) is 24.2 Å². The van der Waals surface area contributed by atoms with Crippen LogP contribution in [0.2, 0.25) is 0 Å². The first-order valence-electron chi connectivity index (χ1n) is 6.35. The van der Waals surface area contributed by atoms with Crippen LogP contribution in [0.5, 0.6) is 0 Å². The van der Waals surface area contributed by atoms with Crippen LogP contribution in [0.4, 0.5) is 5.69 Å². The molecule has 4 nitrogen and oxygen atoms in total. The Bertz CT molecular complexity index is 464. The predicted octanol–water partition coefficient (Wildman–Crippen LogP) is 3.09. The summed E-state index contributed by atoms with van der Waals surface area (Å²) in [4.78, 5) is 12.2. The molecule has 2 N–H and O–H groups in total. The molecule has 0 heterocycles. The van der Waals surface area contributed by atoms with E-state index in [4.69, 9.17) is 4.74 Å². The molecular weight excluding hydrogens is 262 g/mol. The third-order valence-corrected chi connectivity index (χ3v) is 4.32. The van der Waals surface area contributed by atoms with E-state index in [1.165, 1.54) is 11.8 Å². The average Bonchev–Trinajstić information content (AvgIpc) is 2.85. The summed E-state index contributed by atoms with van der Waals surface area (Å²) in [5.41, 5.74) is 1.08. The molecule has 0 aromatic heterocycles. The van der Waals surface area contributed by atoms with E-state index in [1.807, 2.05) is 24.5 Å². The van der Waals surface area contributed by atoms with Gasteiger partial charge in [-0.1, -0.05) is 6.07 Å². The molecule has 5 heteroatoms. The number of carboxylic acid groups (broad SMARTS) is 1. The average molecular weight is 281 g/mol. The van der Waals surface area contributed by atoms with Crippen molar-refractivity contribution >= 4 is 23.4 Å². The number of thioether (sulfide) groups is 1. The standard InChI is InChI=1S/C14H19NO3S/c1-18-10-7-6-9(8-10)15-11-4-3-5-12(19-2)13(11)14(16)17/h3-5,9-10,15H,6-8H2,1-2H3,(H,16,17). The van der Waals surface area contributed by atoms with Crippen LogP contribution in [0.25, 0.3) is 0 Å². The maximum atomic E-state index is 11.4. The number of anilines is 1. The molecule has 0 saturated heterocycles. The third-order valence-electron chi connectivity index (χ3n) is 3.54. The van der Waals surface area contributed by atoms with Gasteiger partial charge in [-0.3, -0.25) is 0 Å². The van der Waals surface area contributed by atoms with Gasteiger partial charge in [0.25, 0.3) is 0 Å². The normalized spacial score (nSPS) is 22.4. The number of aromatic carboxylic acids is 1. The Balaban J connectivity index is 2.18. The molecule has 1 aliphatic carbocycles. The van der Waals surface area contributed by atoms with Gasteiger partial charge in [0.05, 0.1) is 17.4 Å². The number of hydrogen-bond donors (Lipinski definition) is 2. The minimum atomic E-state index is -0.881. The number of carbonyl (C=O) groups is 1. The fourth-order valence-corrected chi connectivity index (χ4v) is 3.16. The molecule has 1 fully saturated rings. The lowest BCUT2D eigenvalue weighted by atomic mass is 10.1. The van der Waals surface area contributed by atoms with Gasteiger partial charge in [-0.2, -0.15) is 0 Å². The molecule has 0 bridgehead atoms. The zero-order valence-electron chi connectivity index (χ0n) is 11.2. The van der Waals surface area contributed by atoms with Gasteiger partial charge < -0.3 is 15.2 Å². The number of ether oxygens (including phenoxy) is 1. The van der Waals surface area contributed by atoms with Crippen molar-refractivity contribution in [2.24, 2.45) is 0 Å². The van der Waals surface area contributed by atoms with Crippen molar-refractivity contribution in [3.8, 4) is 0 Å². The topological polar surface area (TPSA) is 58.6 Å². The second-order valence-electron chi connectivity index (χ2n) is 4.70. The molecule has 2 atom stereocenters. The fraction of sp³-hybridized carbons (Fsp3) is 0.500. The molecule has 0 amide bonds. The monoisotopic (exact) mass is 281 g/mol. The Labute approximate surface area is 117 Å². The van der Waals surface area contributed by atoms with E-state index >= 15 is 0 Å². The summed E-state index contributed by atoms with van der Waals surface area (Å²) >= 11 is 1.46. The zero-order chi connectivity index (χ0) is 13.8. The lowest BCUT2D eigenvalue weighted by Crippen LogP contribution is -2.19. The van der Waals surface area contributed by atoms with Crippen LogP contribution in [0, 0.1) is 0 Å². The van der Waals surface area contributed by atoms with Crippen molar-refractivity contribution in [3.63, 3.8) is 0 Å². The summed E-state index contributed by atoms with van der Waals surface area (Å²) in [5.74, 6) is -0.881. The van der Waals surface area contributed by atoms with Crippen LogP contribution in [0.1, 0.15) is 29.6 Å². The highest BCUT2D eigenvalue weighted by Gasteiger charge is 2.26. The molecule has 104 valence electrons. The first-order chi connectivity index (χ1) is 9.15. The number of nitrogens with one attached hydrogen (secondary N) is 1. The Morgan fingerprint density at radius 3 is 2.84 bits per heavy atom. The smallest absolute Gasteiger partial charge is 0.338 e. The van der Waals surface area contributed by atoms with Gasteiger partial charge in [0.1, 0.15) is 0 Å². The summed E-state index contributed by atoms with van der Waals surface area (Å²) in [6.45, 7) is 0. The second-order valence-corrected chi connectivity index (χ2v) is 5.55. The van der Waals surface area contributed by atoms with Gasteiger partial charge in [0.15, 0.2) is 0 Å². The number of methoxy groups -OCH3 is 1. The van der Waals surface area contributed by atoms with Crippen LogP contribution in [-0.4, -0.2) is 36.6 Å². The number of benzene rings is 1. The maximum Gasteiger partial charge on any atom is 0.338 e. The summed E-state index contributed by atoms with van der Waals surface area (Å²) in [7, 11) is 1.73. The quantitative estimate of drug-likeness (QED) is 0.812. The minimum absolute atomic E-state index is 0.287. The largest absolute Gasteiger partial charge is 0.478 e. The van der Waals surface area contributed by atoms with Crippen molar-refractivity contribution < 1.29 is 14.6 Å². The van der Waals surface area contributed by atoms with Crippen molar-refractivity contribution in [3.05, 3.63) is 23.8 Å². The number of rotatable bonds is 5. The van der Waals surface area contributed by atoms with E-state index in [1.54, 1.807) is 7.11 Å². The Hall–Kier alpha value is -1.20. The lowest BCUT2D eigenvalue weighted by molar-refractivity contribution is 0.0694. The predicted molar refractivity (Wildman–Crippen MR) is 77.2 cm³/mol. The van der Waals surface area contributed by atoms with Crippen molar-refractivity contribution in [2.75, 3.05) is 18.7 Å². The van der Waals surface area contributed by atoms with Gasteiger partial charge >= 0.3 is 5.97 Å². The van der Waals surface area contributed by atoms with E-state index in [-0.39, 0.29) is 6.10 Å². The first kappa shape index (κ1) is 14.2. The van der Waals surface area contributed by atoms with Crippen LogP contribution >= 0.6 is 11.8 Å². The van der Waals surface area contributed by atoms with Crippen LogP contribution in [-0.2, 0) is 4.74 Å². The summed E-state index contributed by atoms with van der Waals surface area (Å²) < 4.78 is 5.34. The third kappa shape index (κ3) is 3.22. The van der Waals surface area contributed by atoms with Gasteiger partial charge in [0, 0.05) is 18.0 Å². The Morgan fingerprint density at radius 1 is 1.47 bits per heavy atom. The Morgan fingerprint density at radius 2 is 2.26 bits per heavy atom. The van der Waals surface area contributed by atoms with Crippen molar-refractivity contribution in [2.45, 2.75) is 36.3 Å². The molecule has 0 radical (unpaired) electrons. The van der Waals surface area contributed by atoms with Gasteiger partial charge in [-0.05, 0) is 37.7 Å². The van der Waals surface area contributed by atoms with Crippen molar-refractivity contribution in [1.82, 2.24) is 0 Å². The van der Waals surface area contributed by atoms with E-state index in [9.17, 15) is 9.90 Å². The molecule has 0 spiro atoms. The molecule has 1 saturated carbocycles. The van der Waals surface area contributed by atoms with E-state index in [2.05, 4.69) is 5.32 Å². The molecule has 1 aromatic rings. The molecule has 2 unspecified atom stereocenters. The molecule has 19 heavy (non-hydrogen) atoms. The van der Waals surface area contributed by atoms with Gasteiger partial charge in [-0.15, -0.1) is 11.8 Å². The highest BCUT2D eigenvalue weighted by atomic mass is 32.2. The van der Waals surface area contributed by atoms with Crippen LogP contribution < -0.4 is 5.32 Å². The SMILES string of the molecule is COC1CCC(Nc2cccc(SC)c2C(=O)O)C1. The van der Waals surface area contributed by atoms with Crippen LogP contribution in [0.15, 0.2) is 23.1 Å². The van der Waals surface area contributed by atoms with Gasteiger partial charge in [0.2, 0.25) is 0 Å². The fourth-order valence-electron chi connectivity index (χ4n) is 2.55. The minimum Gasteiger partial charge on any atom is -0.478 e. The molecule has 2 rings (SSSR count). The van der Waals surface area contributed by atoms with Crippen LogP contribution in [0.3, 0.4) is 0 Å². The summed E-state index contributed by atoms with van der Waals surface area (Å²) in [6.07, 6.45) is 5.15. The van der Waals surface area contributed by atoms with Crippen molar-refractivity contribution in [1.29, 1.82) is 0 Å². The summed E-state index contributed by atoms with van der Waals surface area (Å²) in [6, 6.07) is 5.86. The van der Waals surface area contributed by atoms with Gasteiger partial charge in [-0.25, -0.2) is 4.79 Å². The highest BCUT2D eigenvalue weighted by Crippen LogP contribution is 2.30. The number of hydrogen-bond acceptors (Lipinski definition) is 4. The maximum absolute atomic E-state index is 11.4. The highest BCUT2D eigenvalue weighted by molar-refractivity contribution is 7.98. The lowest BCUT2D eigenvalue weighted by Gasteiger charge is -2.17. The van der Waals surface area contributed by atoms with E-state index in [0.29, 0.717) is 17.3 Å². The second kappa shape index (κ2) is 6.30. The van der Waals surface area contributed by atoms with E-state index < -0.39 is 5.97 Å². The molecule has 0 aliphatic heterocycles. The molecule has 1 aliphatic rings. The first-order valence-corrected chi connectivity index (χ1v) is 7.57.